The molecule has 1 aliphatic carbocycles. The first-order valence-electron chi connectivity index (χ1n) is 6.89. The fraction of sp³-hybridized carbons (Fsp3) is 0.733. The molecule has 18 heavy (non-hydrogen) atoms. The first-order valence-corrected chi connectivity index (χ1v) is 6.89. The Balaban J connectivity index is 2.42. The molecule has 0 saturated heterocycles. The van der Waals surface area contributed by atoms with Gasteiger partial charge in [0, 0.05) is 28.8 Å². The van der Waals surface area contributed by atoms with E-state index in [4.69, 9.17) is 9.97 Å². The van der Waals surface area contributed by atoms with E-state index in [0.717, 1.165) is 23.8 Å². The molecule has 1 aliphatic rings. The minimum Gasteiger partial charge on any atom is -0.319 e. The van der Waals surface area contributed by atoms with E-state index in [1.807, 2.05) is 7.05 Å². The minimum absolute atomic E-state index is 0.0903. The number of nitrogens with zero attached hydrogens (tertiary/aromatic N) is 2. The van der Waals surface area contributed by atoms with Crippen molar-refractivity contribution in [3.05, 3.63) is 23.3 Å². The van der Waals surface area contributed by atoms with E-state index in [0.29, 0.717) is 0 Å². The largest absolute Gasteiger partial charge is 0.319 e. The Labute approximate surface area is 110 Å². The highest BCUT2D eigenvalue weighted by Crippen LogP contribution is 2.42. The lowest BCUT2D eigenvalue weighted by Gasteiger charge is -2.41. The molecule has 1 aromatic rings. The Bertz CT molecular complexity index is 428. The summed E-state index contributed by atoms with van der Waals surface area (Å²) in [6.07, 6.45) is 3.71. The van der Waals surface area contributed by atoms with Crippen LogP contribution in [0, 0.1) is 6.92 Å². The SMILES string of the molecule is CNCC1(c2nc(C)cc(C(C)(C)C)n2)CCC1. The average Bonchev–Trinajstić information content (AvgIpc) is 2.21. The van der Waals surface area contributed by atoms with E-state index in [2.05, 4.69) is 39.1 Å². The second kappa shape index (κ2) is 4.61. The van der Waals surface area contributed by atoms with Gasteiger partial charge in [-0.1, -0.05) is 27.2 Å². The first-order chi connectivity index (χ1) is 8.37. The number of nitrogens with one attached hydrogen (secondary N) is 1. The molecule has 100 valence electrons. The average molecular weight is 247 g/mol. The topological polar surface area (TPSA) is 37.8 Å². The number of likely N-dealkylation sites (N-methyl/N-ethyl adjacent to an activating group) is 1. The molecule has 0 aliphatic heterocycles. The highest BCUT2D eigenvalue weighted by atomic mass is 15.0. The molecule has 1 heterocycles. The van der Waals surface area contributed by atoms with Crippen molar-refractivity contribution in [1.82, 2.24) is 15.3 Å². The van der Waals surface area contributed by atoms with Crippen molar-refractivity contribution < 1.29 is 0 Å². The summed E-state index contributed by atoms with van der Waals surface area (Å²) in [4.78, 5) is 9.58. The molecule has 1 saturated carbocycles. The van der Waals surface area contributed by atoms with E-state index in [1.54, 1.807) is 0 Å². The van der Waals surface area contributed by atoms with Gasteiger partial charge in [0.05, 0.1) is 0 Å². The van der Waals surface area contributed by atoms with E-state index in [9.17, 15) is 0 Å². The van der Waals surface area contributed by atoms with Crippen LogP contribution in [-0.4, -0.2) is 23.6 Å². The van der Waals surface area contributed by atoms with Gasteiger partial charge in [-0.05, 0) is 32.9 Å². The van der Waals surface area contributed by atoms with Gasteiger partial charge in [-0.25, -0.2) is 9.97 Å². The third kappa shape index (κ3) is 2.41. The van der Waals surface area contributed by atoms with Crippen molar-refractivity contribution in [1.29, 1.82) is 0 Å². The summed E-state index contributed by atoms with van der Waals surface area (Å²) in [5, 5.41) is 3.31. The maximum absolute atomic E-state index is 4.87. The van der Waals surface area contributed by atoms with Crippen LogP contribution >= 0.6 is 0 Å². The van der Waals surface area contributed by atoms with Gasteiger partial charge in [0.25, 0.3) is 0 Å². The predicted octanol–water partition coefficient (Wildman–Crippen LogP) is 2.72. The summed E-state index contributed by atoms with van der Waals surface area (Å²) in [5.74, 6) is 1.05. The van der Waals surface area contributed by atoms with Gasteiger partial charge < -0.3 is 5.32 Å². The van der Waals surface area contributed by atoms with Gasteiger partial charge in [0.1, 0.15) is 5.82 Å². The summed E-state index contributed by atoms with van der Waals surface area (Å²) in [7, 11) is 2.01. The quantitative estimate of drug-likeness (QED) is 0.892. The summed E-state index contributed by atoms with van der Waals surface area (Å²) in [6.45, 7) is 9.70. The summed E-state index contributed by atoms with van der Waals surface area (Å²) < 4.78 is 0. The smallest absolute Gasteiger partial charge is 0.136 e. The molecule has 0 bridgehead atoms. The van der Waals surface area contributed by atoms with Gasteiger partial charge in [0.2, 0.25) is 0 Å². The van der Waals surface area contributed by atoms with Crippen molar-refractivity contribution in [2.45, 2.75) is 57.8 Å². The Morgan fingerprint density at radius 3 is 2.39 bits per heavy atom. The van der Waals surface area contributed by atoms with Crippen LogP contribution in [0.3, 0.4) is 0 Å². The molecule has 0 aromatic carbocycles. The van der Waals surface area contributed by atoms with Crippen molar-refractivity contribution in [3.8, 4) is 0 Å². The van der Waals surface area contributed by atoms with Crippen molar-refractivity contribution in [2.24, 2.45) is 0 Å². The summed E-state index contributed by atoms with van der Waals surface area (Å²) >= 11 is 0. The number of hydrogen-bond donors (Lipinski definition) is 1. The van der Waals surface area contributed by atoms with Crippen LogP contribution in [0.5, 0.6) is 0 Å². The molecule has 0 amide bonds. The van der Waals surface area contributed by atoms with Gasteiger partial charge in [-0.3, -0.25) is 0 Å². The standard InChI is InChI=1S/C15H25N3/c1-11-9-12(14(2,3)4)18-13(17-11)15(10-16-5)7-6-8-15/h9,16H,6-8,10H2,1-5H3. The molecule has 0 radical (unpaired) electrons. The summed E-state index contributed by atoms with van der Waals surface area (Å²) in [6, 6.07) is 2.12. The van der Waals surface area contributed by atoms with E-state index >= 15 is 0 Å². The van der Waals surface area contributed by atoms with Crippen molar-refractivity contribution >= 4 is 0 Å². The molecule has 1 N–H and O–H groups in total. The normalized spacial score (nSPS) is 18.5. The summed E-state index contributed by atoms with van der Waals surface area (Å²) in [5.41, 5.74) is 2.52. The number of hydrogen-bond acceptors (Lipinski definition) is 3. The number of rotatable bonds is 3. The Hall–Kier alpha value is -0.960. The van der Waals surface area contributed by atoms with E-state index in [-0.39, 0.29) is 10.8 Å². The van der Waals surface area contributed by atoms with Gasteiger partial charge >= 0.3 is 0 Å². The van der Waals surface area contributed by atoms with Crippen LogP contribution in [0.2, 0.25) is 0 Å². The van der Waals surface area contributed by atoms with Gasteiger partial charge in [0.15, 0.2) is 0 Å². The van der Waals surface area contributed by atoms with Crippen LogP contribution in [0.25, 0.3) is 0 Å². The molecule has 0 unspecified atom stereocenters. The molecule has 0 atom stereocenters. The lowest BCUT2D eigenvalue weighted by molar-refractivity contribution is 0.223. The molecular weight excluding hydrogens is 222 g/mol. The fourth-order valence-corrected chi connectivity index (χ4v) is 2.61. The fourth-order valence-electron chi connectivity index (χ4n) is 2.61. The molecule has 0 spiro atoms. The number of aromatic nitrogens is 2. The molecular formula is C15H25N3. The monoisotopic (exact) mass is 247 g/mol. The number of aryl methyl sites for hydroxylation is 1. The molecule has 1 aromatic heterocycles. The van der Waals surface area contributed by atoms with Gasteiger partial charge in [-0.15, -0.1) is 0 Å². The zero-order chi connectivity index (χ0) is 13.4. The molecule has 1 fully saturated rings. The predicted molar refractivity (Wildman–Crippen MR) is 74.9 cm³/mol. The maximum Gasteiger partial charge on any atom is 0.136 e. The van der Waals surface area contributed by atoms with Crippen LogP contribution in [0.4, 0.5) is 0 Å². The van der Waals surface area contributed by atoms with Crippen LogP contribution in [-0.2, 0) is 10.8 Å². The molecule has 3 nitrogen and oxygen atoms in total. The van der Waals surface area contributed by atoms with E-state index in [1.165, 1.54) is 19.3 Å². The van der Waals surface area contributed by atoms with E-state index < -0.39 is 0 Å². The second-order valence-corrected chi connectivity index (χ2v) is 6.63. The van der Waals surface area contributed by atoms with Crippen LogP contribution in [0.1, 0.15) is 57.2 Å². The van der Waals surface area contributed by atoms with Crippen molar-refractivity contribution in [3.63, 3.8) is 0 Å². The van der Waals surface area contributed by atoms with Crippen LogP contribution in [0.15, 0.2) is 6.07 Å². The third-order valence-corrected chi connectivity index (χ3v) is 3.92. The minimum atomic E-state index is 0.0903. The van der Waals surface area contributed by atoms with Crippen molar-refractivity contribution in [2.75, 3.05) is 13.6 Å². The van der Waals surface area contributed by atoms with Crippen LogP contribution < -0.4 is 5.32 Å². The maximum atomic E-state index is 4.87. The Kier molecular flexibility index (Phi) is 3.45. The Morgan fingerprint density at radius 2 is 1.94 bits per heavy atom. The first kappa shape index (κ1) is 13.5. The zero-order valence-electron chi connectivity index (χ0n) is 12.3. The molecule has 3 heteroatoms. The second-order valence-electron chi connectivity index (χ2n) is 6.63. The molecule has 2 rings (SSSR count). The highest BCUT2D eigenvalue weighted by Gasteiger charge is 2.41. The lowest BCUT2D eigenvalue weighted by Crippen LogP contribution is -2.44. The van der Waals surface area contributed by atoms with Gasteiger partial charge in [-0.2, -0.15) is 0 Å². The third-order valence-electron chi connectivity index (χ3n) is 3.92. The highest BCUT2D eigenvalue weighted by molar-refractivity contribution is 5.23. The zero-order valence-corrected chi connectivity index (χ0v) is 12.3. The lowest BCUT2D eigenvalue weighted by atomic mass is 9.68. The Morgan fingerprint density at radius 1 is 1.28 bits per heavy atom.